The molecule has 1 unspecified atom stereocenters. The molecule has 0 aromatic heterocycles. The van der Waals surface area contributed by atoms with Crippen molar-refractivity contribution in [3.8, 4) is 5.75 Å². The lowest BCUT2D eigenvalue weighted by atomic mass is 10.3. The van der Waals surface area contributed by atoms with Crippen LogP contribution in [0.25, 0.3) is 0 Å². The van der Waals surface area contributed by atoms with E-state index >= 15 is 0 Å². The highest BCUT2D eigenvalue weighted by Crippen LogP contribution is 2.22. The second kappa shape index (κ2) is 10.6. The Morgan fingerprint density at radius 1 is 1.13 bits per heavy atom. The van der Waals surface area contributed by atoms with Gasteiger partial charge in [-0.05, 0) is 25.5 Å². The first-order valence-corrected chi connectivity index (χ1v) is 8.13. The first-order valence-electron chi connectivity index (χ1n) is 8.13. The van der Waals surface area contributed by atoms with E-state index in [1.807, 2.05) is 19.1 Å². The van der Waals surface area contributed by atoms with E-state index in [0.717, 1.165) is 17.7 Å². The van der Waals surface area contributed by atoms with Crippen molar-refractivity contribution in [2.24, 2.45) is 0 Å². The molecule has 0 aliphatic carbocycles. The molecule has 0 fully saturated rings. The Bertz CT molecular complexity index is 506. The summed E-state index contributed by atoms with van der Waals surface area (Å²) in [6.07, 6.45) is 2.02. The second-order valence-corrected chi connectivity index (χ2v) is 5.41. The fraction of sp³-hybridized carbons (Fsp3) is 0.529. The van der Waals surface area contributed by atoms with Gasteiger partial charge in [-0.1, -0.05) is 25.5 Å². The molecule has 0 heterocycles. The maximum atomic E-state index is 12.2. The highest BCUT2D eigenvalue weighted by molar-refractivity contribution is 5.93. The zero-order chi connectivity index (χ0) is 17.1. The highest BCUT2D eigenvalue weighted by Gasteiger charge is 2.17. The molecule has 6 nitrogen and oxygen atoms in total. The highest BCUT2D eigenvalue weighted by atomic mass is 16.5. The van der Waals surface area contributed by atoms with E-state index in [2.05, 4.69) is 17.6 Å². The van der Waals surface area contributed by atoms with Crippen LogP contribution in [0.3, 0.4) is 0 Å². The quantitative estimate of drug-likeness (QED) is 0.548. The van der Waals surface area contributed by atoms with Crippen LogP contribution in [0.15, 0.2) is 24.3 Å². The average Bonchev–Trinajstić information content (AvgIpc) is 2.54. The molecule has 0 saturated carbocycles. The molecule has 3 N–H and O–H groups in total. The summed E-state index contributed by atoms with van der Waals surface area (Å²) in [5, 5.41) is 5.71. The number of likely N-dealkylation sites (N-methyl/N-ethyl adjacent to an activating group) is 1. The van der Waals surface area contributed by atoms with Gasteiger partial charge in [0.15, 0.2) is 13.1 Å². The number of carbonyl (C=O) groups excluding carboxylic acids is 2. The van der Waals surface area contributed by atoms with Gasteiger partial charge in [-0.15, -0.1) is 0 Å². The second-order valence-electron chi connectivity index (χ2n) is 5.41. The number of benzene rings is 1. The number of unbranched alkanes of at least 4 members (excludes halogenated alkanes) is 1. The Morgan fingerprint density at radius 2 is 1.83 bits per heavy atom. The SMILES string of the molecule is CCCCNC(=O)C[NH+](CC)CC(=O)Nc1ccccc1OC. The van der Waals surface area contributed by atoms with Crippen LogP contribution in [0.1, 0.15) is 26.7 Å². The summed E-state index contributed by atoms with van der Waals surface area (Å²) in [6, 6.07) is 7.27. The molecule has 1 aromatic rings. The zero-order valence-corrected chi connectivity index (χ0v) is 14.3. The maximum Gasteiger partial charge on any atom is 0.279 e. The van der Waals surface area contributed by atoms with Gasteiger partial charge in [0.1, 0.15) is 5.75 Å². The van der Waals surface area contributed by atoms with E-state index in [9.17, 15) is 9.59 Å². The lowest BCUT2D eigenvalue weighted by Gasteiger charge is -2.17. The smallest absolute Gasteiger partial charge is 0.279 e. The maximum absolute atomic E-state index is 12.2. The number of rotatable bonds is 10. The molecular weight excluding hydrogens is 294 g/mol. The topological polar surface area (TPSA) is 71.9 Å². The van der Waals surface area contributed by atoms with Crippen molar-refractivity contribution in [1.82, 2.24) is 5.32 Å². The standard InChI is InChI=1S/C17H27N3O3/c1-4-6-11-18-16(21)12-20(5-2)13-17(22)19-14-9-7-8-10-15(14)23-3/h7-10H,4-6,11-13H2,1-3H3,(H,18,21)(H,19,22)/p+1. The van der Waals surface area contributed by atoms with Gasteiger partial charge in [0, 0.05) is 6.54 Å². The van der Waals surface area contributed by atoms with Gasteiger partial charge in [-0.3, -0.25) is 9.59 Å². The van der Waals surface area contributed by atoms with Crippen molar-refractivity contribution in [3.63, 3.8) is 0 Å². The zero-order valence-electron chi connectivity index (χ0n) is 14.3. The minimum Gasteiger partial charge on any atom is -0.495 e. The van der Waals surface area contributed by atoms with Crippen LogP contribution in [0.4, 0.5) is 5.69 Å². The Labute approximate surface area is 138 Å². The van der Waals surface area contributed by atoms with Crippen LogP contribution in [-0.4, -0.2) is 45.1 Å². The summed E-state index contributed by atoms with van der Waals surface area (Å²) in [7, 11) is 1.56. The van der Waals surface area contributed by atoms with Crippen LogP contribution in [0.2, 0.25) is 0 Å². The molecule has 0 aliphatic heterocycles. The number of quaternary nitrogens is 1. The van der Waals surface area contributed by atoms with Crippen LogP contribution in [-0.2, 0) is 9.59 Å². The predicted octanol–water partition coefficient (Wildman–Crippen LogP) is 0.455. The Hall–Kier alpha value is -2.08. The molecule has 0 aliphatic rings. The first-order chi connectivity index (χ1) is 11.1. The van der Waals surface area contributed by atoms with Gasteiger partial charge in [0.05, 0.1) is 19.3 Å². The molecule has 2 amide bonds. The molecule has 1 atom stereocenters. The Kier molecular flexibility index (Phi) is 8.75. The van der Waals surface area contributed by atoms with Crippen molar-refractivity contribution in [2.45, 2.75) is 26.7 Å². The van der Waals surface area contributed by atoms with Crippen molar-refractivity contribution < 1.29 is 19.2 Å². The van der Waals surface area contributed by atoms with Gasteiger partial charge in [0.2, 0.25) is 0 Å². The molecule has 23 heavy (non-hydrogen) atoms. The third-order valence-electron chi connectivity index (χ3n) is 3.55. The summed E-state index contributed by atoms with van der Waals surface area (Å²) in [5.41, 5.74) is 0.642. The minimum absolute atomic E-state index is 0.0135. The summed E-state index contributed by atoms with van der Waals surface area (Å²) < 4.78 is 5.21. The molecule has 6 heteroatoms. The summed E-state index contributed by atoms with van der Waals surface area (Å²) in [5.74, 6) is 0.476. The molecule has 1 aromatic carbocycles. The third kappa shape index (κ3) is 7.15. The minimum atomic E-state index is -0.132. The number of para-hydroxylation sites is 2. The van der Waals surface area contributed by atoms with Crippen LogP contribution >= 0.6 is 0 Å². The largest absolute Gasteiger partial charge is 0.495 e. The lowest BCUT2D eigenvalue weighted by Crippen LogP contribution is -3.14. The normalized spacial score (nSPS) is 11.6. The number of hydrogen-bond acceptors (Lipinski definition) is 3. The monoisotopic (exact) mass is 322 g/mol. The number of hydrogen-bond donors (Lipinski definition) is 3. The van der Waals surface area contributed by atoms with Gasteiger partial charge in [-0.2, -0.15) is 0 Å². The van der Waals surface area contributed by atoms with Crippen LogP contribution in [0.5, 0.6) is 5.75 Å². The molecule has 0 radical (unpaired) electrons. The van der Waals surface area contributed by atoms with Crippen LogP contribution < -0.4 is 20.3 Å². The van der Waals surface area contributed by atoms with Gasteiger partial charge < -0.3 is 20.3 Å². The lowest BCUT2D eigenvalue weighted by molar-refractivity contribution is -0.881. The predicted molar refractivity (Wildman–Crippen MR) is 90.8 cm³/mol. The average molecular weight is 322 g/mol. The van der Waals surface area contributed by atoms with Crippen molar-refractivity contribution >= 4 is 17.5 Å². The summed E-state index contributed by atoms with van der Waals surface area (Å²) in [6.45, 7) is 6.00. The number of carbonyl (C=O) groups is 2. The molecule has 0 saturated heterocycles. The summed E-state index contributed by atoms with van der Waals surface area (Å²) in [4.78, 5) is 24.9. The molecule has 128 valence electrons. The van der Waals surface area contributed by atoms with E-state index < -0.39 is 0 Å². The first kappa shape index (κ1) is 19.0. The van der Waals surface area contributed by atoms with Crippen molar-refractivity contribution in [3.05, 3.63) is 24.3 Å². The van der Waals surface area contributed by atoms with Crippen LogP contribution in [0, 0.1) is 0 Å². The van der Waals surface area contributed by atoms with E-state index in [0.29, 0.717) is 31.1 Å². The van der Waals surface area contributed by atoms with E-state index in [4.69, 9.17) is 4.74 Å². The molecular formula is C17H28N3O3+. The van der Waals surface area contributed by atoms with Gasteiger partial charge >= 0.3 is 0 Å². The number of amides is 2. The third-order valence-corrected chi connectivity index (χ3v) is 3.55. The van der Waals surface area contributed by atoms with E-state index in [1.165, 1.54) is 0 Å². The fourth-order valence-electron chi connectivity index (χ4n) is 2.18. The van der Waals surface area contributed by atoms with Crippen molar-refractivity contribution in [1.29, 1.82) is 0 Å². The summed E-state index contributed by atoms with van der Waals surface area (Å²) >= 11 is 0. The Balaban J connectivity index is 2.48. The Morgan fingerprint density at radius 3 is 2.48 bits per heavy atom. The van der Waals surface area contributed by atoms with Gasteiger partial charge in [0.25, 0.3) is 11.8 Å². The fourth-order valence-corrected chi connectivity index (χ4v) is 2.18. The number of ether oxygens (including phenoxy) is 1. The molecule has 0 bridgehead atoms. The molecule has 1 rings (SSSR count). The van der Waals surface area contributed by atoms with E-state index in [-0.39, 0.29) is 18.4 Å². The van der Waals surface area contributed by atoms with Crippen molar-refractivity contribution in [2.75, 3.05) is 38.6 Å². The van der Waals surface area contributed by atoms with E-state index in [1.54, 1.807) is 19.2 Å². The number of methoxy groups -OCH3 is 1. The number of nitrogens with one attached hydrogen (secondary N) is 3. The molecule has 0 spiro atoms. The van der Waals surface area contributed by atoms with Gasteiger partial charge in [-0.25, -0.2) is 0 Å². The number of anilines is 1.